The zero-order chi connectivity index (χ0) is 12.1. The molecular formula is C8H12N8O. The van der Waals surface area contributed by atoms with Crippen LogP contribution in [0.3, 0.4) is 0 Å². The molecule has 0 aliphatic rings. The van der Waals surface area contributed by atoms with Crippen LogP contribution in [0.4, 0.5) is 5.95 Å². The Hall–Kier alpha value is -2.45. The summed E-state index contributed by atoms with van der Waals surface area (Å²) in [7, 11) is 0. The maximum Gasteiger partial charge on any atom is 0.241 e. The number of nitrogens with one attached hydrogen (secondary N) is 1. The van der Waals surface area contributed by atoms with Gasteiger partial charge in [-0.05, 0) is 0 Å². The summed E-state index contributed by atoms with van der Waals surface area (Å²) in [5, 5.41) is 14.0. The Bertz CT molecular complexity index is 475. The minimum absolute atomic E-state index is 0.0988. The van der Waals surface area contributed by atoms with Crippen molar-refractivity contribution < 1.29 is 4.79 Å². The van der Waals surface area contributed by atoms with E-state index in [9.17, 15) is 4.79 Å². The Morgan fingerprint density at radius 2 is 2.35 bits per heavy atom. The summed E-state index contributed by atoms with van der Waals surface area (Å²) in [5.41, 5.74) is 5.33. The van der Waals surface area contributed by atoms with Crippen molar-refractivity contribution >= 4 is 11.9 Å². The first-order valence-electron chi connectivity index (χ1n) is 5.00. The lowest BCUT2D eigenvalue weighted by molar-refractivity contribution is -0.121. The molecule has 2 rings (SSSR count). The van der Waals surface area contributed by atoms with Crippen molar-refractivity contribution in [2.24, 2.45) is 0 Å². The Morgan fingerprint density at radius 3 is 3.00 bits per heavy atom. The molecule has 9 nitrogen and oxygen atoms in total. The Kier molecular flexibility index (Phi) is 3.28. The van der Waals surface area contributed by atoms with Crippen LogP contribution in [-0.4, -0.2) is 42.2 Å². The van der Waals surface area contributed by atoms with Crippen LogP contribution in [0.15, 0.2) is 18.7 Å². The number of nitrogens with zero attached hydrogens (tertiary/aromatic N) is 6. The SMILES string of the molecule is Nc1ncn(CC(=O)NCCn2ccnn2)n1. The predicted molar refractivity (Wildman–Crippen MR) is 57.5 cm³/mol. The van der Waals surface area contributed by atoms with E-state index in [-0.39, 0.29) is 18.4 Å². The van der Waals surface area contributed by atoms with Crippen LogP contribution in [0.2, 0.25) is 0 Å². The maximum absolute atomic E-state index is 11.5. The maximum atomic E-state index is 11.5. The lowest BCUT2D eigenvalue weighted by Gasteiger charge is -2.04. The van der Waals surface area contributed by atoms with Gasteiger partial charge in [-0.25, -0.2) is 9.67 Å². The molecule has 0 saturated carbocycles. The molecule has 0 spiro atoms. The molecule has 0 aromatic carbocycles. The number of aromatic nitrogens is 6. The van der Waals surface area contributed by atoms with Gasteiger partial charge in [-0.15, -0.1) is 10.2 Å². The van der Waals surface area contributed by atoms with Crippen molar-refractivity contribution in [3.8, 4) is 0 Å². The second-order valence-electron chi connectivity index (χ2n) is 3.32. The van der Waals surface area contributed by atoms with Gasteiger partial charge in [0.2, 0.25) is 11.9 Å². The van der Waals surface area contributed by atoms with Crippen LogP contribution in [-0.2, 0) is 17.9 Å². The van der Waals surface area contributed by atoms with Crippen LogP contribution < -0.4 is 11.1 Å². The molecule has 0 saturated heterocycles. The second-order valence-corrected chi connectivity index (χ2v) is 3.32. The Balaban J connectivity index is 1.71. The topological polar surface area (TPSA) is 117 Å². The van der Waals surface area contributed by atoms with E-state index in [0.29, 0.717) is 13.1 Å². The summed E-state index contributed by atoms with van der Waals surface area (Å²) in [6.07, 6.45) is 4.72. The third-order valence-electron chi connectivity index (χ3n) is 1.99. The molecule has 0 atom stereocenters. The van der Waals surface area contributed by atoms with Gasteiger partial charge < -0.3 is 11.1 Å². The number of nitrogen functional groups attached to an aromatic ring is 1. The summed E-state index contributed by atoms with van der Waals surface area (Å²) in [6, 6.07) is 0. The van der Waals surface area contributed by atoms with Gasteiger partial charge in [0.25, 0.3) is 0 Å². The van der Waals surface area contributed by atoms with Crippen LogP contribution in [0.25, 0.3) is 0 Å². The van der Waals surface area contributed by atoms with Crippen LogP contribution in [0.5, 0.6) is 0 Å². The van der Waals surface area contributed by atoms with Gasteiger partial charge in [-0.3, -0.25) is 9.48 Å². The fourth-order valence-corrected chi connectivity index (χ4v) is 1.25. The van der Waals surface area contributed by atoms with E-state index in [0.717, 1.165) is 0 Å². The highest BCUT2D eigenvalue weighted by Gasteiger charge is 2.03. The van der Waals surface area contributed by atoms with Crippen molar-refractivity contribution in [1.29, 1.82) is 0 Å². The number of rotatable bonds is 5. The zero-order valence-electron chi connectivity index (χ0n) is 9.02. The van der Waals surface area contributed by atoms with Gasteiger partial charge in [0.1, 0.15) is 12.9 Å². The van der Waals surface area contributed by atoms with Gasteiger partial charge in [-0.2, -0.15) is 0 Å². The van der Waals surface area contributed by atoms with Crippen molar-refractivity contribution in [1.82, 2.24) is 35.1 Å². The third-order valence-corrected chi connectivity index (χ3v) is 1.99. The second kappa shape index (κ2) is 5.05. The predicted octanol–water partition coefficient (Wildman–Crippen LogP) is -1.73. The monoisotopic (exact) mass is 236 g/mol. The van der Waals surface area contributed by atoms with Gasteiger partial charge in [-0.1, -0.05) is 5.21 Å². The highest BCUT2D eigenvalue weighted by molar-refractivity contribution is 5.75. The number of carbonyl (C=O) groups excluding carboxylic acids is 1. The van der Waals surface area contributed by atoms with E-state index in [4.69, 9.17) is 5.73 Å². The summed E-state index contributed by atoms with van der Waals surface area (Å²) < 4.78 is 3.01. The quantitative estimate of drug-likeness (QED) is 0.637. The zero-order valence-corrected chi connectivity index (χ0v) is 9.02. The number of anilines is 1. The van der Waals surface area contributed by atoms with E-state index < -0.39 is 0 Å². The normalized spacial score (nSPS) is 10.4. The molecule has 2 aromatic heterocycles. The largest absolute Gasteiger partial charge is 0.367 e. The molecule has 17 heavy (non-hydrogen) atoms. The average molecular weight is 236 g/mol. The summed E-state index contributed by atoms with van der Waals surface area (Å²) >= 11 is 0. The fraction of sp³-hybridized carbons (Fsp3) is 0.375. The van der Waals surface area contributed by atoms with Gasteiger partial charge >= 0.3 is 0 Å². The lowest BCUT2D eigenvalue weighted by Crippen LogP contribution is -2.30. The summed E-state index contributed by atoms with van der Waals surface area (Å²) in [5.74, 6) is -0.00423. The van der Waals surface area contributed by atoms with Crippen molar-refractivity contribution in [3.05, 3.63) is 18.7 Å². The third kappa shape index (κ3) is 3.26. The molecule has 2 aromatic rings. The van der Waals surface area contributed by atoms with E-state index >= 15 is 0 Å². The first-order valence-corrected chi connectivity index (χ1v) is 5.00. The molecular weight excluding hydrogens is 224 g/mol. The van der Waals surface area contributed by atoms with E-state index in [1.807, 2.05) is 0 Å². The summed E-state index contributed by atoms with van der Waals surface area (Å²) in [4.78, 5) is 15.2. The molecule has 0 aliphatic heterocycles. The number of hydrogen-bond donors (Lipinski definition) is 2. The fourth-order valence-electron chi connectivity index (χ4n) is 1.25. The van der Waals surface area contributed by atoms with Crippen molar-refractivity contribution in [2.75, 3.05) is 12.3 Å². The molecule has 3 N–H and O–H groups in total. The molecule has 0 unspecified atom stereocenters. The molecule has 0 fully saturated rings. The van der Waals surface area contributed by atoms with Crippen molar-refractivity contribution in [2.45, 2.75) is 13.1 Å². The average Bonchev–Trinajstić information content (AvgIpc) is 2.90. The van der Waals surface area contributed by atoms with Crippen LogP contribution >= 0.6 is 0 Å². The standard InChI is InChI=1S/C8H12N8O/c9-8-11-6-16(13-8)5-7(17)10-1-3-15-4-2-12-14-15/h2,4,6H,1,3,5H2,(H2,9,13)(H,10,17). The molecule has 90 valence electrons. The van der Waals surface area contributed by atoms with Gasteiger partial charge in [0.15, 0.2) is 0 Å². The Morgan fingerprint density at radius 1 is 1.47 bits per heavy atom. The van der Waals surface area contributed by atoms with Crippen LogP contribution in [0, 0.1) is 0 Å². The van der Waals surface area contributed by atoms with Gasteiger partial charge in [0, 0.05) is 12.7 Å². The van der Waals surface area contributed by atoms with Crippen molar-refractivity contribution in [3.63, 3.8) is 0 Å². The minimum atomic E-state index is -0.157. The minimum Gasteiger partial charge on any atom is -0.367 e. The smallest absolute Gasteiger partial charge is 0.241 e. The number of carbonyl (C=O) groups is 1. The molecule has 0 bridgehead atoms. The molecule has 1 amide bonds. The van der Waals surface area contributed by atoms with Gasteiger partial charge in [0.05, 0.1) is 12.7 Å². The number of nitrogens with two attached hydrogens (primary N) is 1. The van der Waals surface area contributed by atoms with Crippen LogP contribution in [0.1, 0.15) is 0 Å². The van der Waals surface area contributed by atoms with E-state index in [1.165, 1.54) is 11.0 Å². The number of hydrogen-bond acceptors (Lipinski definition) is 6. The molecule has 9 heteroatoms. The molecule has 2 heterocycles. The van der Waals surface area contributed by atoms with E-state index in [2.05, 4.69) is 25.7 Å². The molecule has 0 aliphatic carbocycles. The highest BCUT2D eigenvalue weighted by Crippen LogP contribution is 1.88. The first-order chi connectivity index (χ1) is 8.24. The summed E-state index contributed by atoms with van der Waals surface area (Å²) in [6.45, 7) is 1.15. The molecule has 0 radical (unpaired) electrons. The lowest BCUT2D eigenvalue weighted by atomic mass is 10.5. The Labute approximate surface area is 96.6 Å². The first kappa shape index (κ1) is 11.0. The van der Waals surface area contributed by atoms with E-state index in [1.54, 1.807) is 17.1 Å². The number of amides is 1. The highest BCUT2D eigenvalue weighted by atomic mass is 16.2.